The van der Waals surface area contributed by atoms with Crippen LogP contribution in [0, 0.1) is 5.92 Å². The Bertz CT molecular complexity index is 795. The van der Waals surface area contributed by atoms with Crippen LogP contribution in [0.5, 0.6) is 11.5 Å². The molecule has 0 bridgehead atoms. The molecule has 0 saturated carbocycles. The van der Waals surface area contributed by atoms with Crippen LogP contribution in [0.3, 0.4) is 0 Å². The minimum Gasteiger partial charge on any atom is -0.508 e. The summed E-state index contributed by atoms with van der Waals surface area (Å²) in [5, 5.41) is 13.5. The second-order valence-electron chi connectivity index (χ2n) is 7.32. The fraction of sp³-hybridized carbons (Fsp3) is 0.435. The molecule has 0 spiro atoms. The summed E-state index contributed by atoms with van der Waals surface area (Å²) >= 11 is 0. The number of phenolic OH excluding ortho intramolecular Hbond substituents is 1. The zero-order valence-electron chi connectivity index (χ0n) is 17.3. The molecule has 3 rings (SSSR count). The zero-order valence-corrected chi connectivity index (χ0v) is 17.3. The number of nitrogens with zero attached hydrogens (tertiary/aromatic N) is 2. The third kappa shape index (κ3) is 6.12. The molecule has 0 amide bonds. The summed E-state index contributed by atoms with van der Waals surface area (Å²) in [6, 6.07) is 15.7. The first-order valence-electron chi connectivity index (χ1n) is 10.1. The number of guanidine groups is 1. The second-order valence-corrected chi connectivity index (χ2v) is 7.32. The molecule has 1 aliphatic rings. The van der Waals surface area contributed by atoms with E-state index in [1.807, 2.05) is 37.4 Å². The second kappa shape index (κ2) is 10.7. The minimum atomic E-state index is 0.262. The van der Waals surface area contributed by atoms with E-state index in [0.29, 0.717) is 31.2 Å². The molecule has 1 unspecified atom stereocenters. The molecule has 156 valence electrons. The molecule has 1 heterocycles. The van der Waals surface area contributed by atoms with Crippen LogP contribution in [0.2, 0.25) is 0 Å². The maximum absolute atomic E-state index is 10.1. The molecular formula is C23H31N3O3. The normalized spacial score (nSPS) is 16.8. The van der Waals surface area contributed by atoms with E-state index in [1.165, 1.54) is 5.56 Å². The van der Waals surface area contributed by atoms with Crippen molar-refractivity contribution in [2.45, 2.75) is 19.4 Å². The summed E-state index contributed by atoms with van der Waals surface area (Å²) in [5.74, 6) is 2.34. The van der Waals surface area contributed by atoms with Crippen LogP contribution in [-0.4, -0.2) is 56.4 Å². The lowest BCUT2D eigenvalue weighted by molar-refractivity contribution is 0.0907. The van der Waals surface area contributed by atoms with Gasteiger partial charge in [-0.25, -0.2) is 0 Å². The van der Waals surface area contributed by atoms with Gasteiger partial charge in [0.2, 0.25) is 0 Å². The van der Waals surface area contributed by atoms with Gasteiger partial charge in [-0.05, 0) is 30.0 Å². The molecular weight excluding hydrogens is 366 g/mol. The van der Waals surface area contributed by atoms with E-state index in [-0.39, 0.29) is 5.75 Å². The molecule has 1 aliphatic heterocycles. The van der Waals surface area contributed by atoms with Gasteiger partial charge in [0.15, 0.2) is 5.96 Å². The van der Waals surface area contributed by atoms with Gasteiger partial charge in [0.05, 0.1) is 20.3 Å². The van der Waals surface area contributed by atoms with Crippen molar-refractivity contribution in [3.05, 3.63) is 59.7 Å². The average Bonchev–Trinajstić information content (AvgIpc) is 3.21. The Balaban J connectivity index is 1.40. The molecule has 29 heavy (non-hydrogen) atoms. The summed E-state index contributed by atoms with van der Waals surface area (Å²) < 4.78 is 11.0. The number of aliphatic imine (C=N–C) groups is 1. The first kappa shape index (κ1) is 21.0. The number of ether oxygens (including phenoxy) is 2. The number of hydrogen-bond acceptors (Lipinski definition) is 4. The summed E-state index contributed by atoms with van der Waals surface area (Å²) in [5.41, 5.74) is 2.10. The van der Waals surface area contributed by atoms with Crippen LogP contribution < -0.4 is 10.1 Å². The first-order valence-corrected chi connectivity index (χ1v) is 10.1. The van der Waals surface area contributed by atoms with E-state index < -0.39 is 0 Å². The molecule has 0 radical (unpaired) electrons. The number of hydrogen-bond donors (Lipinski definition) is 2. The van der Waals surface area contributed by atoms with E-state index in [2.05, 4.69) is 27.3 Å². The van der Waals surface area contributed by atoms with Crippen molar-refractivity contribution in [3.8, 4) is 11.5 Å². The van der Waals surface area contributed by atoms with Gasteiger partial charge in [-0.2, -0.15) is 0 Å². The zero-order chi connectivity index (χ0) is 20.5. The topological polar surface area (TPSA) is 66.3 Å². The molecule has 6 heteroatoms. The van der Waals surface area contributed by atoms with Crippen molar-refractivity contribution in [2.24, 2.45) is 10.9 Å². The molecule has 2 aromatic carbocycles. The summed E-state index contributed by atoms with van der Waals surface area (Å²) in [6.45, 7) is 4.06. The highest BCUT2D eigenvalue weighted by molar-refractivity contribution is 5.80. The van der Waals surface area contributed by atoms with Crippen LogP contribution in [0.25, 0.3) is 0 Å². The predicted octanol–water partition coefficient (Wildman–Crippen LogP) is 3.06. The molecule has 2 N–H and O–H groups in total. The van der Waals surface area contributed by atoms with Gasteiger partial charge in [0, 0.05) is 38.7 Å². The van der Waals surface area contributed by atoms with Crippen molar-refractivity contribution in [1.82, 2.24) is 10.2 Å². The average molecular weight is 398 g/mol. The molecule has 1 saturated heterocycles. The highest BCUT2D eigenvalue weighted by Gasteiger charge is 2.24. The Morgan fingerprint density at radius 1 is 1.24 bits per heavy atom. The summed E-state index contributed by atoms with van der Waals surface area (Å²) in [6.07, 6.45) is 1.82. The molecule has 1 fully saturated rings. The van der Waals surface area contributed by atoms with Gasteiger partial charge in [0.1, 0.15) is 11.5 Å². The van der Waals surface area contributed by atoms with Gasteiger partial charge >= 0.3 is 0 Å². The van der Waals surface area contributed by atoms with E-state index in [9.17, 15) is 5.11 Å². The number of benzene rings is 2. The van der Waals surface area contributed by atoms with Gasteiger partial charge in [0.25, 0.3) is 0 Å². The Morgan fingerprint density at radius 3 is 2.79 bits per heavy atom. The maximum Gasteiger partial charge on any atom is 0.193 e. The number of aromatic hydroxyl groups is 1. The number of phenols is 1. The van der Waals surface area contributed by atoms with Crippen LogP contribution in [0.15, 0.2) is 53.5 Å². The third-order valence-electron chi connectivity index (χ3n) is 5.23. The van der Waals surface area contributed by atoms with Crippen molar-refractivity contribution < 1.29 is 14.6 Å². The quantitative estimate of drug-likeness (QED) is 0.529. The highest BCUT2D eigenvalue weighted by Crippen LogP contribution is 2.23. The number of methoxy groups -OCH3 is 1. The first-order chi connectivity index (χ1) is 14.2. The standard InChI is InChI=1S/C23H31N3O3/c1-24-23(25-12-10-20-8-9-21(28-2)14-22(20)27)26-13-11-19(15-26)17-29-16-18-6-4-3-5-7-18/h3-9,14,19,27H,10-13,15-17H2,1-2H3,(H,24,25). The van der Waals surface area contributed by atoms with Crippen LogP contribution in [-0.2, 0) is 17.8 Å². The van der Waals surface area contributed by atoms with Gasteiger partial charge < -0.3 is 24.8 Å². The van der Waals surface area contributed by atoms with E-state index in [4.69, 9.17) is 9.47 Å². The molecule has 0 aromatic heterocycles. The van der Waals surface area contributed by atoms with Gasteiger partial charge in [-0.3, -0.25) is 4.99 Å². The number of nitrogens with one attached hydrogen (secondary N) is 1. The van der Waals surface area contributed by atoms with Crippen LogP contribution in [0.4, 0.5) is 0 Å². The van der Waals surface area contributed by atoms with Crippen LogP contribution >= 0.6 is 0 Å². The largest absolute Gasteiger partial charge is 0.508 e. The van der Waals surface area contributed by atoms with E-state index in [1.54, 1.807) is 13.2 Å². The summed E-state index contributed by atoms with van der Waals surface area (Å²) in [7, 11) is 3.41. The maximum atomic E-state index is 10.1. The fourth-order valence-corrected chi connectivity index (χ4v) is 3.60. The fourth-order valence-electron chi connectivity index (χ4n) is 3.60. The number of likely N-dealkylation sites (tertiary alicyclic amines) is 1. The Morgan fingerprint density at radius 2 is 2.07 bits per heavy atom. The lowest BCUT2D eigenvalue weighted by Gasteiger charge is -2.22. The molecule has 2 aromatic rings. The molecule has 1 atom stereocenters. The van der Waals surface area contributed by atoms with Gasteiger partial charge in [-0.1, -0.05) is 36.4 Å². The van der Waals surface area contributed by atoms with E-state index >= 15 is 0 Å². The van der Waals surface area contributed by atoms with Crippen LogP contribution in [0.1, 0.15) is 17.5 Å². The smallest absolute Gasteiger partial charge is 0.193 e. The Kier molecular flexibility index (Phi) is 7.76. The monoisotopic (exact) mass is 397 g/mol. The Labute approximate surface area is 173 Å². The minimum absolute atomic E-state index is 0.262. The summed E-state index contributed by atoms with van der Waals surface area (Å²) in [4.78, 5) is 6.70. The van der Waals surface area contributed by atoms with Gasteiger partial charge in [-0.15, -0.1) is 0 Å². The van der Waals surface area contributed by atoms with E-state index in [0.717, 1.165) is 37.6 Å². The van der Waals surface area contributed by atoms with Crippen molar-refractivity contribution >= 4 is 5.96 Å². The lowest BCUT2D eigenvalue weighted by Crippen LogP contribution is -2.41. The van der Waals surface area contributed by atoms with Crippen molar-refractivity contribution in [1.29, 1.82) is 0 Å². The predicted molar refractivity (Wildman–Crippen MR) is 116 cm³/mol. The lowest BCUT2D eigenvalue weighted by atomic mass is 10.1. The Hall–Kier alpha value is -2.73. The number of rotatable bonds is 8. The molecule has 6 nitrogen and oxygen atoms in total. The SMILES string of the molecule is CN=C(NCCc1ccc(OC)cc1O)N1CCC(COCc2ccccc2)C1. The highest BCUT2D eigenvalue weighted by atomic mass is 16.5. The molecule has 0 aliphatic carbocycles. The van der Waals surface area contributed by atoms with Crippen molar-refractivity contribution in [2.75, 3.05) is 40.4 Å². The van der Waals surface area contributed by atoms with Crippen molar-refractivity contribution in [3.63, 3.8) is 0 Å². The third-order valence-corrected chi connectivity index (χ3v) is 5.23.